The average Bonchev–Trinajstić information content (AvgIpc) is 2.98. The number of hydrogen-bond acceptors (Lipinski definition) is 0. The van der Waals surface area contributed by atoms with E-state index in [0.717, 1.165) is 0 Å². The fraction of sp³-hybridized carbons (Fsp3) is 0.625. The highest BCUT2D eigenvalue weighted by molar-refractivity contribution is 5.14. The van der Waals surface area contributed by atoms with Crippen molar-refractivity contribution in [2.24, 2.45) is 0 Å². The summed E-state index contributed by atoms with van der Waals surface area (Å²) in [6.45, 7) is 6.40. The Morgan fingerprint density at radius 3 is 2.41 bits per heavy atom. The van der Waals surface area contributed by atoms with Gasteiger partial charge in [-0.3, -0.25) is 0 Å². The number of quaternary nitrogens is 1. The lowest BCUT2D eigenvalue weighted by Crippen LogP contribution is -2.36. The molecule has 0 aromatic heterocycles. The molecule has 1 unspecified atom stereocenters. The highest BCUT2D eigenvalue weighted by atomic mass is 15.5. The molecule has 17 heavy (non-hydrogen) atoms. The maximum absolute atomic E-state index is 2.38. The minimum absolute atomic E-state index is 0.683. The number of likely N-dealkylation sites (N-methyl/N-ethyl adjacent to an activating group) is 1. The predicted molar refractivity (Wildman–Crippen MR) is 71.6 cm³/mol. The van der Waals surface area contributed by atoms with E-state index in [2.05, 4.69) is 37.3 Å². The molecule has 1 aliphatic heterocycles. The van der Waals surface area contributed by atoms with Gasteiger partial charge in [0.05, 0.1) is 6.54 Å². The highest BCUT2D eigenvalue weighted by Gasteiger charge is 2.67. The molecule has 0 amide bonds. The Morgan fingerprint density at radius 2 is 1.76 bits per heavy atom. The normalized spacial score (nSPS) is 30.4. The molecule has 1 atom stereocenters. The van der Waals surface area contributed by atoms with Gasteiger partial charge in [-0.1, -0.05) is 36.8 Å². The van der Waals surface area contributed by atoms with Crippen molar-refractivity contribution in [3.05, 3.63) is 35.9 Å². The molecule has 2 aliphatic rings. The second-order valence-electron chi connectivity index (χ2n) is 6.05. The Labute approximate surface area is 105 Å². The minimum Gasteiger partial charge on any atom is -0.305 e. The summed E-state index contributed by atoms with van der Waals surface area (Å²) in [7, 11) is 0. The van der Waals surface area contributed by atoms with Crippen LogP contribution >= 0.6 is 0 Å². The van der Waals surface area contributed by atoms with Gasteiger partial charge in [-0.25, -0.2) is 0 Å². The van der Waals surface area contributed by atoms with E-state index in [1.165, 1.54) is 61.8 Å². The zero-order chi connectivity index (χ0) is 11.8. The Balaban J connectivity index is 1.77. The largest absolute Gasteiger partial charge is 0.305 e. The van der Waals surface area contributed by atoms with Gasteiger partial charge in [0.1, 0.15) is 18.6 Å². The van der Waals surface area contributed by atoms with Gasteiger partial charge in [0, 0.05) is 18.4 Å². The molecule has 1 saturated heterocycles. The van der Waals surface area contributed by atoms with Crippen molar-refractivity contribution in [3.63, 3.8) is 0 Å². The van der Waals surface area contributed by atoms with Crippen molar-refractivity contribution in [2.75, 3.05) is 13.1 Å². The highest BCUT2D eigenvalue weighted by Crippen LogP contribution is 2.53. The molecule has 1 aromatic rings. The van der Waals surface area contributed by atoms with Gasteiger partial charge >= 0.3 is 0 Å². The third-order valence-electron chi connectivity index (χ3n) is 5.22. The van der Waals surface area contributed by atoms with E-state index in [1.54, 1.807) is 0 Å². The molecule has 0 N–H and O–H groups in total. The second-order valence-corrected chi connectivity index (χ2v) is 6.05. The topological polar surface area (TPSA) is 0 Å². The maximum Gasteiger partial charge on any atom is 0.149 e. The lowest BCUT2D eigenvalue weighted by atomic mass is 9.88. The van der Waals surface area contributed by atoms with Crippen molar-refractivity contribution >= 4 is 0 Å². The van der Waals surface area contributed by atoms with Crippen LogP contribution in [0.25, 0.3) is 0 Å². The van der Waals surface area contributed by atoms with Crippen molar-refractivity contribution in [3.8, 4) is 0 Å². The predicted octanol–water partition coefficient (Wildman–Crippen LogP) is 3.74. The molecule has 92 valence electrons. The number of hydrogen-bond donors (Lipinski definition) is 0. The average molecular weight is 230 g/mol. The van der Waals surface area contributed by atoms with Gasteiger partial charge in [-0.15, -0.1) is 0 Å². The maximum atomic E-state index is 2.38. The monoisotopic (exact) mass is 230 g/mol. The first-order valence-corrected chi connectivity index (χ1v) is 7.20. The van der Waals surface area contributed by atoms with Crippen LogP contribution in [0, 0.1) is 0 Å². The zero-order valence-corrected chi connectivity index (χ0v) is 11.0. The van der Waals surface area contributed by atoms with Crippen molar-refractivity contribution < 1.29 is 4.48 Å². The fourth-order valence-corrected chi connectivity index (χ4v) is 4.09. The van der Waals surface area contributed by atoms with Crippen LogP contribution in [0.2, 0.25) is 0 Å². The van der Waals surface area contributed by atoms with Crippen LogP contribution in [-0.2, 0) is 6.54 Å². The van der Waals surface area contributed by atoms with Crippen LogP contribution in [0.5, 0.6) is 0 Å². The first-order chi connectivity index (χ1) is 8.30. The number of rotatable bonds is 3. The quantitative estimate of drug-likeness (QED) is 0.548. The molecular weight excluding hydrogens is 206 g/mol. The van der Waals surface area contributed by atoms with Crippen LogP contribution in [0.4, 0.5) is 0 Å². The molecule has 1 nitrogen and oxygen atoms in total. The molecule has 1 aliphatic carbocycles. The Morgan fingerprint density at radius 1 is 1.06 bits per heavy atom. The minimum atomic E-state index is 0.683. The van der Waals surface area contributed by atoms with Gasteiger partial charge in [-0.05, 0) is 19.8 Å². The van der Waals surface area contributed by atoms with Gasteiger partial charge in [0.15, 0.2) is 0 Å². The first-order valence-electron chi connectivity index (χ1n) is 7.20. The Kier molecular flexibility index (Phi) is 2.74. The summed E-state index contributed by atoms with van der Waals surface area (Å²) in [5, 5.41) is 0. The van der Waals surface area contributed by atoms with Crippen LogP contribution in [-0.4, -0.2) is 23.1 Å². The molecule has 1 heteroatoms. The second kappa shape index (κ2) is 4.13. The van der Waals surface area contributed by atoms with Crippen molar-refractivity contribution in [2.45, 2.75) is 51.1 Å². The van der Waals surface area contributed by atoms with E-state index in [9.17, 15) is 0 Å². The SMILES string of the molecule is CC[N+]1(Cc2ccccc2)CC12CCCCC2. The summed E-state index contributed by atoms with van der Waals surface area (Å²) >= 11 is 0. The van der Waals surface area contributed by atoms with Gasteiger partial charge in [0.2, 0.25) is 0 Å². The van der Waals surface area contributed by atoms with E-state index in [1.807, 2.05) is 0 Å². The number of nitrogens with zero attached hydrogens (tertiary/aromatic N) is 1. The van der Waals surface area contributed by atoms with Crippen LogP contribution in [0.3, 0.4) is 0 Å². The molecule has 0 radical (unpaired) electrons. The molecule has 3 rings (SSSR count). The van der Waals surface area contributed by atoms with E-state index in [-0.39, 0.29) is 0 Å². The lowest BCUT2D eigenvalue weighted by molar-refractivity contribution is -0.843. The van der Waals surface area contributed by atoms with Crippen LogP contribution in [0.1, 0.15) is 44.6 Å². The third kappa shape index (κ3) is 1.81. The number of benzene rings is 1. The molecule has 1 aromatic carbocycles. The molecule has 1 heterocycles. The molecule has 1 spiro atoms. The van der Waals surface area contributed by atoms with Crippen LogP contribution in [0.15, 0.2) is 30.3 Å². The van der Waals surface area contributed by atoms with Gasteiger partial charge in [-0.2, -0.15) is 0 Å². The summed E-state index contributed by atoms with van der Waals surface area (Å²) in [5.41, 5.74) is 2.21. The lowest BCUT2D eigenvalue weighted by Gasteiger charge is -2.28. The molecule has 1 saturated carbocycles. The van der Waals surface area contributed by atoms with Gasteiger partial charge in [0.25, 0.3) is 0 Å². The Bertz CT molecular complexity index is 378. The fourth-order valence-electron chi connectivity index (χ4n) is 4.09. The standard InChI is InChI=1S/C16H24N/c1-2-17(13-15-9-5-3-6-10-15)14-16(17)11-7-4-8-12-16/h3,5-6,9-10H,2,4,7-8,11-14H2,1H3/q+1. The van der Waals surface area contributed by atoms with Gasteiger partial charge < -0.3 is 4.48 Å². The summed E-state index contributed by atoms with van der Waals surface area (Å²) < 4.78 is 1.37. The van der Waals surface area contributed by atoms with Crippen molar-refractivity contribution in [1.82, 2.24) is 0 Å². The van der Waals surface area contributed by atoms with E-state index < -0.39 is 0 Å². The van der Waals surface area contributed by atoms with Crippen LogP contribution < -0.4 is 0 Å². The smallest absolute Gasteiger partial charge is 0.149 e. The summed E-state index contributed by atoms with van der Waals surface area (Å²) in [5.74, 6) is 0. The zero-order valence-electron chi connectivity index (χ0n) is 11.0. The van der Waals surface area contributed by atoms with E-state index in [0.29, 0.717) is 5.54 Å². The Hall–Kier alpha value is -0.820. The molecule has 0 bridgehead atoms. The molecular formula is C16H24N+. The first kappa shape index (κ1) is 11.3. The van der Waals surface area contributed by atoms with Crippen molar-refractivity contribution in [1.29, 1.82) is 0 Å². The molecule has 2 fully saturated rings. The summed E-state index contributed by atoms with van der Waals surface area (Å²) in [6.07, 6.45) is 7.36. The van der Waals surface area contributed by atoms with E-state index >= 15 is 0 Å². The van der Waals surface area contributed by atoms with E-state index in [4.69, 9.17) is 0 Å². The summed E-state index contributed by atoms with van der Waals surface area (Å²) in [4.78, 5) is 0. The summed E-state index contributed by atoms with van der Waals surface area (Å²) in [6, 6.07) is 11.1. The third-order valence-corrected chi connectivity index (χ3v) is 5.22.